The van der Waals surface area contributed by atoms with E-state index in [9.17, 15) is 15.8 Å². The van der Waals surface area contributed by atoms with Crippen LogP contribution in [0.15, 0.2) is 65.0 Å². The summed E-state index contributed by atoms with van der Waals surface area (Å²) in [5, 5.41) is 29.4. The molecular formula is C43H49ClN4O3. The van der Waals surface area contributed by atoms with Gasteiger partial charge in [0.05, 0.1) is 13.7 Å². The Kier molecular flexibility index (Phi) is 11.3. The zero-order chi connectivity index (χ0) is 37.0. The third kappa shape index (κ3) is 7.68. The fraction of sp³-hybridized carbons (Fsp3) is 0.465. The maximum absolute atomic E-state index is 10.2. The molecule has 0 spiro atoms. The molecule has 2 aromatic carbocycles. The molecule has 5 rings (SSSR count). The molecule has 7 nitrogen and oxygen atoms in total. The number of rotatable bonds is 12. The minimum absolute atomic E-state index is 0.0201. The summed E-state index contributed by atoms with van der Waals surface area (Å²) in [5.74, 6) is 2.37. The van der Waals surface area contributed by atoms with Crippen LogP contribution in [-0.2, 0) is 15.6 Å². The van der Waals surface area contributed by atoms with Crippen molar-refractivity contribution in [2.24, 2.45) is 0 Å². The van der Waals surface area contributed by atoms with Crippen molar-refractivity contribution in [3.8, 4) is 29.7 Å². The molecule has 0 N–H and O–H groups in total. The fourth-order valence-corrected chi connectivity index (χ4v) is 7.58. The van der Waals surface area contributed by atoms with Gasteiger partial charge >= 0.3 is 0 Å². The highest BCUT2D eigenvalue weighted by Gasteiger charge is 2.43. The zero-order valence-electron chi connectivity index (χ0n) is 31.1. The van der Waals surface area contributed by atoms with Gasteiger partial charge in [-0.15, -0.1) is 11.6 Å². The van der Waals surface area contributed by atoms with E-state index in [0.29, 0.717) is 18.1 Å². The van der Waals surface area contributed by atoms with E-state index >= 15 is 0 Å². The van der Waals surface area contributed by atoms with E-state index in [4.69, 9.17) is 25.8 Å². The van der Waals surface area contributed by atoms with E-state index in [-0.39, 0.29) is 27.7 Å². The summed E-state index contributed by atoms with van der Waals surface area (Å²) in [5.41, 5.74) is 6.31. The molecular weight excluding hydrogens is 656 g/mol. The highest BCUT2D eigenvalue weighted by molar-refractivity contribution is 6.17. The number of benzene rings is 2. The molecule has 0 unspecified atom stereocenters. The first-order chi connectivity index (χ1) is 24.3. The van der Waals surface area contributed by atoms with E-state index in [0.717, 1.165) is 79.8 Å². The molecule has 3 aliphatic rings. The number of methoxy groups -OCH3 is 1. The van der Waals surface area contributed by atoms with Crippen LogP contribution in [0.4, 0.5) is 5.69 Å². The highest BCUT2D eigenvalue weighted by atomic mass is 35.5. The first kappa shape index (κ1) is 37.6. The largest absolute Gasteiger partial charge is 0.497 e. The lowest BCUT2D eigenvalue weighted by Gasteiger charge is -2.49. The number of unbranched alkanes of at least 4 members (excludes halogenated alkanes) is 3. The number of allylic oxidation sites excluding steroid dienone is 4. The van der Waals surface area contributed by atoms with Gasteiger partial charge in [0, 0.05) is 41.4 Å². The number of nitrogens with zero attached hydrogens (tertiary/aromatic N) is 4. The topological polar surface area (TPSA) is 102 Å². The molecule has 0 saturated heterocycles. The predicted octanol–water partition coefficient (Wildman–Crippen LogP) is 10.1. The summed E-state index contributed by atoms with van der Waals surface area (Å²) in [7, 11) is 1.65. The molecule has 0 bridgehead atoms. The van der Waals surface area contributed by atoms with Crippen molar-refractivity contribution in [3.63, 3.8) is 0 Å². The summed E-state index contributed by atoms with van der Waals surface area (Å²) in [4.78, 5) is 2.56. The summed E-state index contributed by atoms with van der Waals surface area (Å²) in [6.45, 7) is 15.7. The second kappa shape index (κ2) is 15.3. The lowest BCUT2D eigenvalue weighted by Crippen LogP contribution is -2.45. The van der Waals surface area contributed by atoms with E-state index in [2.05, 4.69) is 50.8 Å². The minimum atomic E-state index is -0.938. The highest BCUT2D eigenvalue weighted by Crippen LogP contribution is 2.54. The van der Waals surface area contributed by atoms with Gasteiger partial charge in [-0.1, -0.05) is 64.8 Å². The van der Waals surface area contributed by atoms with Crippen LogP contribution in [-0.4, -0.2) is 38.3 Å². The molecule has 0 aromatic heterocycles. The Labute approximate surface area is 309 Å². The Hall–Kier alpha value is -4.64. The van der Waals surface area contributed by atoms with Crippen LogP contribution in [0.1, 0.15) is 102 Å². The number of nitriles is 3. The molecule has 266 valence electrons. The van der Waals surface area contributed by atoms with Gasteiger partial charge in [-0.05, 0) is 91.3 Å². The first-order valence-corrected chi connectivity index (χ1v) is 18.4. The molecule has 0 amide bonds. The van der Waals surface area contributed by atoms with Crippen molar-refractivity contribution < 1.29 is 14.2 Å². The smallest absolute Gasteiger partial charge is 0.172 e. The van der Waals surface area contributed by atoms with Gasteiger partial charge in [-0.25, -0.2) is 0 Å². The van der Waals surface area contributed by atoms with Crippen molar-refractivity contribution >= 4 is 28.9 Å². The van der Waals surface area contributed by atoms with Crippen LogP contribution in [0.2, 0.25) is 0 Å². The number of halogens is 1. The van der Waals surface area contributed by atoms with Gasteiger partial charge in [-0.3, -0.25) is 0 Å². The Balaban J connectivity index is 1.75. The van der Waals surface area contributed by atoms with Crippen molar-refractivity contribution in [1.82, 2.24) is 0 Å². The van der Waals surface area contributed by atoms with Crippen LogP contribution in [0.3, 0.4) is 0 Å². The first-order valence-electron chi connectivity index (χ1n) is 17.9. The third-order valence-corrected chi connectivity index (χ3v) is 10.8. The summed E-state index contributed by atoms with van der Waals surface area (Å²) in [6.07, 6.45) is 12.3. The fourth-order valence-electron chi connectivity index (χ4n) is 7.39. The van der Waals surface area contributed by atoms with Crippen LogP contribution in [0.25, 0.3) is 11.6 Å². The molecule has 8 heteroatoms. The zero-order valence-corrected chi connectivity index (χ0v) is 31.8. The van der Waals surface area contributed by atoms with Crippen molar-refractivity contribution in [3.05, 3.63) is 87.2 Å². The van der Waals surface area contributed by atoms with Crippen LogP contribution < -0.4 is 14.4 Å². The molecule has 0 aliphatic carbocycles. The molecule has 3 heterocycles. The third-order valence-electron chi connectivity index (χ3n) is 10.5. The van der Waals surface area contributed by atoms with E-state index in [1.54, 1.807) is 7.11 Å². The lowest BCUT2D eigenvalue weighted by atomic mass is 9.68. The van der Waals surface area contributed by atoms with Gasteiger partial charge in [0.2, 0.25) is 0 Å². The Morgan fingerprint density at radius 3 is 2.24 bits per heavy atom. The van der Waals surface area contributed by atoms with Gasteiger partial charge in [0.1, 0.15) is 40.9 Å². The monoisotopic (exact) mass is 704 g/mol. The number of hydrogen-bond donors (Lipinski definition) is 0. The average Bonchev–Trinajstić information content (AvgIpc) is 3.36. The molecule has 51 heavy (non-hydrogen) atoms. The number of ether oxygens (including phenoxy) is 3. The number of alkyl halides is 1. The molecule has 3 aliphatic heterocycles. The van der Waals surface area contributed by atoms with Crippen LogP contribution >= 0.6 is 11.6 Å². The van der Waals surface area contributed by atoms with Crippen molar-refractivity contribution in [2.45, 2.75) is 96.5 Å². The predicted molar refractivity (Wildman–Crippen MR) is 205 cm³/mol. The average molecular weight is 705 g/mol. The minimum Gasteiger partial charge on any atom is -0.497 e. The second-order valence-electron chi connectivity index (χ2n) is 15.4. The standard InChI is InChI=1S/C43H49ClN4O3/c1-41(2)18-21-48-22-19-42(3,4)37-38(48)36(41)25-31(40(37)50-23-11-9-8-10-20-44)24-30(29-12-15-33(49-7)16-13-29)14-17-35-34(28-47)39(32(26-45)27-46)51-43(35,5)6/h12-17,24-25H,8-11,18-23H2,1-7H3/b17-14+,30-24-. The second-order valence-corrected chi connectivity index (χ2v) is 15.8. The van der Waals surface area contributed by atoms with Crippen molar-refractivity contribution in [2.75, 3.05) is 37.6 Å². The maximum atomic E-state index is 10.2. The number of hydrogen-bond acceptors (Lipinski definition) is 7. The Morgan fingerprint density at radius 2 is 1.61 bits per heavy atom. The van der Waals surface area contributed by atoms with E-state index in [1.807, 2.05) is 62.4 Å². The van der Waals surface area contributed by atoms with Crippen LogP contribution in [0, 0.1) is 34.0 Å². The van der Waals surface area contributed by atoms with Gasteiger partial charge in [-0.2, -0.15) is 15.8 Å². The molecule has 0 atom stereocenters. The van der Waals surface area contributed by atoms with Crippen LogP contribution in [0.5, 0.6) is 11.5 Å². The van der Waals surface area contributed by atoms with Gasteiger partial charge in [0.25, 0.3) is 0 Å². The quantitative estimate of drug-likeness (QED) is 0.0712. The summed E-state index contributed by atoms with van der Waals surface area (Å²) in [6, 6.07) is 16.2. The lowest BCUT2D eigenvalue weighted by molar-refractivity contribution is 0.0954. The molecule has 0 saturated carbocycles. The molecule has 2 aromatic rings. The van der Waals surface area contributed by atoms with Gasteiger partial charge in [0.15, 0.2) is 11.3 Å². The Bertz CT molecular complexity index is 1890. The molecule has 0 fully saturated rings. The summed E-state index contributed by atoms with van der Waals surface area (Å²) < 4.78 is 18.4. The normalized spacial score (nSPS) is 18.4. The van der Waals surface area contributed by atoms with E-state index < -0.39 is 5.60 Å². The summed E-state index contributed by atoms with van der Waals surface area (Å²) >= 11 is 5.95. The molecule has 0 radical (unpaired) electrons. The Morgan fingerprint density at radius 1 is 0.941 bits per heavy atom. The van der Waals surface area contributed by atoms with Gasteiger partial charge < -0.3 is 19.1 Å². The SMILES string of the molecule is COc1ccc(C(=C\c2cc3c4c(c2OCCCCCCCl)C(C)(C)CCN4CCC3(C)C)/C=C/C2=C(C#N)C(=C(C#N)C#N)OC2(C)C)cc1. The maximum Gasteiger partial charge on any atom is 0.172 e. The van der Waals surface area contributed by atoms with E-state index in [1.165, 1.54) is 16.8 Å². The number of anilines is 1. The van der Waals surface area contributed by atoms with Crippen molar-refractivity contribution in [1.29, 1.82) is 15.8 Å².